The van der Waals surface area contributed by atoms with E-state index in [-0.39, 0.29) is 17.4 Å². The second kappa shape index (κ2) is 6.29. The average Bonchev–Trinajstić information content (AvgIpc) is 3.47. The van der Waals surface area contributed by atoms with Crippen LogP contribution in [0, 0.1) is 5.92 Å². The van der Waals surface area contributed by atoms with Crippen LogP contribution in [0.3, 0.4) is 0 Å². The first-order valence-electron chi connectivity index (χ1n) is 8.69. The first-order valence-corrected chi connectivity index (χ1v) is 8.69. The number of benzene rings is 2. The summed E-state index contributed by atoms with van der Waals surface area (Å²) in [4.78, 5) is 39.7. The lowest BCUT2D eigenvalue weighted by atomic mass is 10.1. The molecule has 4 rings (SSSR count). The summed E-state index contributed by atoms with van der Waals surface area (Å²) in [6.45, 7) is 1.81. The lowest BCUT2D eigenvalue weighted by Crippen LogP contribution is -2.37. The first-order chi connectivity index (χ1) is 12.5. The fraction of sp³-hybridized carbons (Fsp3) is 0.250. The van der Waals surface area contributed by atoms with E-state index in [4.69, 9.17) is 0 Å². The highest BCUT2D eigenvalue weighted by Gasteiger charge is 2.29. The van der Waals surface area contributed by atoms with Gasteiger partial charge >= 0.3 is 5.69 Å². The van der Waals surface area contributed by atoms with E-state index in [9.17, 15) is 14.4 Å². The number of fused-ring (bicyclic) bond motifs is 1. The van der Waals surface area contributed by atoms with Gasteiger partial charge in [0.15, 0.2) is 0 Å². The van der Waals surface area contributed by atoms with Gasteiger partial charge in [0.2, 0.25) is 5.91 Å². The molecule has 0 bridgehead atoms. The van der Waals surface area contributed by atoms with Crippen molar-refractivity contribution >= 4 is 22.5 Å². The molecule has 0 saturated heterocycles. The highest BCUT2D eigenvalue weighted by molar-refractivity contribution is 5.94. The Bertz CT molecular complexity index is 1090. The Labute approximate surface area is 149 Å². The van der Waals surface area contributed by atoms with Gasteiger partial charge < -0.3 is 10.3 Å². The van der Waals surface area contributed by atoms with Gasteiger partial charge in [-0.15, -0.1) is 0 Å². The minimum atomic E-state index is -0.438. The Hall–Kier alpha value is -3.15. The maximum absolute atomic E-state index is 12.7. The van der Waals surface area contributed by atoms with Crippen LogP contribution < -0.4 is 16.6 Å². The Morgan fingerprint density at radius 1 is 1.12 bits per heavy atom. The minimum Gasteiger partial charge on any atom is -0.326 e. The molecule has 1 saturated carbocycles. The summed E-state index contributed by atoms with van der Waals surface area (Å²) in [5.41, 5.74) is 1.31. The zero-order valence-corrected chi connectivity index (χ0v) is 14.4. The maximum Gasteiger partial charge on any atom is 0.329 e. The molecule has 6 heteroatoms. The fourth-order valence-corrected chi connectivity index (χ4v) is 3.11. The summed E-state index contributed by atoms with van der Waals surface area (Å²) in [6, 6.07) is 13.8. The number of aromatic amines is 1. The van der Waals surface area contributed by atoms with Crippen LogP contribution in [0.4, 0.5) is 5.69 Å². The van der Waals surface area contributed by atoms with Crippen LogP contribution in [-0.4, -0.2) is 15.5 Å². The van der Waals surface area contributed by atoms with Gasteiger partial charge in [-0.2, -0.15) is 0 Å². The summed E-state index contributed by atoms with van der Waals surface area (Å²) in [5, 5.41) is 3.36. The zero-order chi connectivity index (χ0) is 18.3. The highest BCUT2D eigenvalue weighted by Crippen LogP contribution is 2.30. The van der Waals surface area contributed by atoms with E-state index in [2.05, 4.69) is 10.3 Å². The number of carbonyl (C=O) groups excluding carboxylic acids is 1. The average molecular weight is 349 g/mol. The second-order valence-electron chi connectivity index (χ2n) is 6.71. The number of H-pyrrole nitrogens is 1. The van der Waals surface area contributed by atoms with Crippen molar-refractivity contribution in [1.82, 2.24) is 9.55 Å². The Morgan fingerprint density at radius 2 is 1.81 bits per heavy atom. The van der Waals surface area contributed by atoms with Crippen molar-refractivity contribution in [3.8, 4) is 0 Å². The summed E-state index contributed by atoms with van der Waals surface area (Å²) in [6.07, 6.45) is 1.91. The van der Waals surface area contributed by atoms with Crippen molar-refractivity contribution in [3.05, 3.63) is 74.9 Å². The van der Waals surface area contributed by atoms with Gasteiger partial charge in [-0.25, -0.2) is 4.79 Å². The van der Waals surface area contributed by atoms with Gasteiger partial charge in [0.25, 0.3) is 5.56 Å². The second-order valence-corrected chi connectivity index (χ2v) is 6.71. The van der Waals surface area contributed by atoms with E-state index < -0.39 is 11.7 Å². The van der Waals surface area contributed by atoms with Crippen molar-refractivity contribution in [2.45, 2.75) is 25.8 Å². The molecular weight excluding hydrogens is 330 g/mol. The van der Waals surface area contributed by atoms with Crippen LogP contribution >= 0.6 is 0 Å². The maximum atomic E-state index is 12.7. The summed E-state index contributed by atoms with van der Waals surface area (Å²) >= 11 is 0. The molecular formula is C20H19N3O3. The molecule has 0 aliphatic heterocycles. The fourth-order valence-electron chi connectivity index (χ4n) is 3.11. The quantitative estimate of drug-likeness (QED) is 0.759. The Kier molecular flexibility index (Phi) is 3.95. The van der Waals surface area contributed by atoms with Crippen LogP contribution in [0.15, 0.2) is 58.1 Å². The van der Waals surface area contributed by atoms with Gasteiger partial charge in [0.05, 0.1) is 16.9 Å². The van der Waals surface area contributed by atoms with E-state index in [1.54, 1.807) is 36.4 Å². The molecule has 6 nitrogen and oxygen atoms in total. The molecule has 1 fully saturated rings. The lowest BCUT2D eigenvalue weighted by Gasteiger charge is -2.16. The summed E-state index contributed by atoms with van der Waals surface area (Å²) in [7, 11) is 0. The molecule has 1 atom stereocenters. The summed E-state index contributed by atoms with van der Waals surface area (Å²) in [5.74, 6) is 0.191. The van der Waals surface area contributed by atoms with E-state index in [1.165, 1.54) is 4.57 Å². The van der Waals surface area contributed by atoms with Crippen LogP contribution in [0.2, 0.25) is 0 Å². The third kappa shape index (κ3) is 2.94. The van der Waals surface area contributed by atoms with Crippen LogP contribution in [0.5, 0.6) is 0 Å². The predicted octanol–water partition coefficient (Wildman–Crippen LogP) is 2.65. The third-order valence-electron chi connectivity index (χ3n) is 4.83. The van der Waals surface area contributed by atoms with Crippen LogP contribution in [-0.2, 0) is 4.79 Å². The molecule has 0 radical (unpaired) electrons. The van der Waals surface area contributed by atoms with E-state index in [1.807, 2.05) is 19.1 Å². The SMILES string of the molecule is C[C@H](c1ccc(NC(=O)C2CC2)cc1)n1c(=O)[nH]c2ccccc2c1=O. The van der Waals surface area contributed by atoms with Crippen molar-refractivity contribution < 1.29 is 4.79 Å². The van der Waals surface area contributed by atoms with Crippen molar-refractivity contribution in [2.75, 3.05) is 5.32 Å². The molecule has 1 aliphatic rings. The predicted molar refractivity (Wildman–Crippen MR) is 100 cm³/mol. The number of anilines is 1. The molecule has 1 aliphatic carbocycles. The smallest absolute Gasteiger partial charge is 0.326 e. The number of para-hydroxylation sites is 1. The van der Waals surface area contributed by atoms with Crippen molar-refractivity contribution in [2.24, 2.45) is 5.92 Å². The van der Waals surface area contributed by atoms with E-state index in [0.717, 1.165) is 24.1 Å². The third-order valence-corrected chi connectivity index (χ3v) is 4.83. The molecule has 132 valence electrons. The van der Waals surface area contributed by atoms with Gasteiger partial charge in [-0.05, 0) is 49.6 Å². The van der Waals surface area contributed by atoms with Crippen LogP contribution in [0.1, 0.15) is 31.4 Å². The molecule has 0 unspecified atom stereocenters. The molecule has 2 N–H and O–H groups in total. The van der Waals surface area contributed by atoms with Gasteiger partial charge in [-0.3, -0.25) is 14.2 Å². The van der Waals surface area contributed by atoms with E-state index >= 15 is 0 Å². The number of hydrogen-bond donors (Lipinski definition) is 2. The monoisotopic (exact) mass is 349 g/mol. The number of aromatic nitrogens is 2. The first kappa shape index (κ1) is 16.3. The number of amides is 1. The van der Waals surface area contributed by atoms with Gasteiger partial charge in [0.1, 0.15) is 0 Å². The van der Waals surface area contributed by atoms with Gasteiger partial charge in [0, 0.05) is 11.6 Å². The lowest BCUT2D eigenvalue weighted by molar-refractivity contribution is -0.117. The number of hydrogen-bond acceptors (Lipinski definition) is 3. The molecule has 2 aromatic carbocycles. The Balaban J connectivity index is 1.66. The largest absolute Gasteiger partial charge is 0.329 e. The zero-order valence-electron chi connectivity index (χ0n) is 14.4. The summed E-state index contributed by atoms with van der Waals surface area (Å²) < 4.78 is 1.22. The molecule has 1 amide bonds. The number of nitrogens with zero attached hydrogens (tertiary/aromatic N) is 1. The number of carbonyl (C=O) groups is 1. The van der Waals surface area contributed by atoms with Crippen molar-refractivity contribution in [1.29, 1.82) is 0 Å². The minimum absolute atomic E-state index is 0.0491. The van der Waals surface area contributed by atoms with Crippen molar-refractivity contribution in [3.63, 3.8) is 0 Å². The highest BCUT2D eigenvalue weighted by atomic mass is 16.2. The molecule has 1 heterocycles. The Morgan fingerprint density at radius 3 is 2.50 bits per heavy atom. The standard InChI is InChI=1S/C20H19N3O3/c1-12(13-8-10-15(11-9-13)21-18(24)14-6-7-14)23-19(25)16-4-2-3-5-17(16)22-20(23)26/h2-5,8-12,14H,6-7H2,1H3,(H,21,24)(H,22,26)/t12-/m1/s1. The van der Waals surface area contributed by atoms with Crippen LogP contribution in [0.25, 0.3) is 10.9 Å². The molecule has 0 spiro atoms. The molecule has 1 aromatic heterocycles. The molecule has 26 heavy (non-hydrogen) atoms. The number of nitrogens with one attached hydrogen (secondary N) is 2. The topological polar surface area (TPSA) is 84.0 Å². The van der Waals surface area contributed by atoms with Gasteiger partial charge in [-0.1, -0.05) is 24.3 Å². The number of rotatable bonds is 4. The molecule has 3 aromatic rings. The normalized spacial score (nSPS) is 15.0. The van der Waals surface area contributed by atoms with E-state index in [0.29, 0.717) is 10.9 Å².